The van der Waals surface area contributed by atoms with Crippen molar-refractivity contribution in [2.45, 2.75) is 0 Å². The fourth-order valence-electron chi connectivity index (χ4n) is 1.38. The van der Waals surface area contributed by atoms with Gasteiger partial charge in [0.2, 0.25) is 0 Å². The molecule has 2 rings (SSSR count). The zero-order chi connectivity index (χ0) is 9.97. The summed E-state index contributed by atoms with van der Waals surface area (Å²) in [7, 11) is 0. The highest BCUT2D eigenvalue weighted by molar-refractivity contribution is 5.69. The van der Waals surface area contributed by atoms with E-state index in [-0.39, 0.29) is 0 Å². The molecule has 0 bridgehead atoms. The zero-order valence-corrected chi connectivity index (χ0v) is 7.70. The van der Waals surface area contributed by atoms with Crippen LogP contribution in [-0.2, 0) is 0 Å². The van der Waals surface area contributed by atoms with E-state index in [1.165, 1.54) is 0 Å². The highest BCUT2D eigenvalue weighted by atomic mass is 14.5. The van der Waals surface area contributed by atoms with Crippen LogP contribution in [0.15, 0.2) is 42.5 Å². The van der Waals surface area contributed by atoms with Crippen molar-refractivity contribution in [2.75, 3.05) is 11.5 Å². The van der Waals surface area contributed by atoms with Crippen LogP contribution in [0.3, 0.4) is 0 Å². The van der Waals surface area contributed by atoms with Crippen molar-refractivity contribution in [2.24, 2.45) is 0 Å². The van der Waals surface area contributed by atoms with Crippen LogP contribution in [0, 0.1) is 6.07 Å². The molecule has 1 radical (unpaired) electrons. The molecule has 14 heavy (non-hydrogen) atoms. The fourth-order valence-corrected chi connectivity index (χ4v) is 1.38. The highest BCUT2D eigenvalue weighted by Gasteiger charge is 1.97. The van der Waals surface area contributed by atoms with Crippen molar-refractivity contribution in [3.63, 3.8) is 0 Å². The van der Waals surface area contributed by atoms with Gasteiger partial charge in [-0.2, -0.15) is 0 Å². The van der Waals surface area contributed by atoms with E-state index in [0.717, 1.165) is 16.8 Å². The topological polar surface area (TPSA) is 52.0 Å². The van der Waals surface area contributed by atoms with Crippen LogP contribution in [0.1, 0.15) is 0 Å². The normalized spacial score (nSPS) is 10.0. The molecule has 2 nitrogen and oxygen atoms in total. The molecule has 2 aromatic rings. The second-order valence-corrected chi connectivity index (χ2v) is 3.18. The van der Waals surface area contributed by atoms with E-state index in [9.17, 15) is 0 Å². The van der Waals surface area contributed by atoms with Crippen LogP contribution in [-0.4, -0.2) is 0 Å². The Morgan fingerprint density at radius 2 is 1.64 bits per heavy atom. The van der Waals surface area contributed by atoms with Gasteiger partial charge >= 0.3 is 0 Å². The van der Waals surface area contributed by atoms with Crippen LogP contribution < -0.4 is 11.5 Å². The van der Waals surface area contributed by atoms with Crippen LogP contribution in [0.25, 0.3) is 11.1 Å². The highest BCUT2D eigenvalue weighted by Crippen LogP contribution is 2.22. The van der Waals surface area contributed by atoms with E-state index in [1.54, 1.807) is 6.07 Å². The average molecular weight is 183 g/mol. The van der Waals surface area contributed by atoms with Gasteiger partial charge < -0.3 is 11.5 Å². The molecule has 69 valence electrons. The molecule has 0 aliphatic carbocycles. The standard InChI is InChI=1S/C12H11N2/c13-11-5-1-3-9(7-11)10-4-2-6-12(14)8-10/h1,3-8H,13-14H2. The lowest BCUT2D eigenvalue weighted by atomic mass is 10.0. The molecule has 0 aromatic heterocycles. The van der Waals surface area contributed by atoms with Crippen molar-refractivity contribution < 1.29 is 0 Å². The molecule has 0 spiro atoms. The lowest BCUT2D eigenvalue weighted by Gasteiger charge is -2.03. The summed E-state index contributed by atoms with van der Waals surface area (Å²) in [5, 5.41) is 0. The van der Waals surface area contributed by atoms with Crippen molar-refractivity contribution >= 4 is 11.4 Å². The molecular weight excluding hydrogens is 172 g/mol. The van der Waals surface area contributed by atoms with Crippen LogP contribution in [0.4, 0.5) is 11.4 Å². The SMILES string of the molecule is Nc1c[c]cc(-c2cccc(N)c2)c1. The van der Waals surface area contributed by atoms with Crippen molar-refractivity contribution in [3.8, 4) is 11.1 Å². The van der Waals surface area contributed by atoms with Gasteiger partial charge in [0.25, 0.3) is 0 Å². The van der Waals surface area contributed by atoms with Gasteiger partial charge in [-0.05, 0) is 47.5 Å². The second-order valence-electron chi connectivity index (χ2n) is 3.18. The maximum absolute atomic E-state index is 5.69. The molecule has 0 aliphatic rings. The van der Waals surface area contributed by atoms with Crippen molar-refractivity contribution in [3.05, 3.63) is 48.5 Å². The van der Waals surface area contributed by atoms with Crippen LogP contribution in [0.2, 0.25) is 0 Å². The summed E-state index contributed by atoms with van der Waals surface area (Å²) in [6.45, 7) is 0. The van der Waals surface area contributed by atoms with Gasteiger partial charge in [-0.15, -0.1) is 0 Å². The summed E-state index contributed by atoms with van der Waals surface area (Å²) in [6, 6.07) is 16.2. The Labute approximate surface area is 83.2 Å². The Morgan fingerprint density at radius 1 is 0.857 bits per heavy atom. The molecule has 0 aliphatic heterocycles. The monoisotopic (exact) mass is 183 g/mol. The molecule has 0 heterocycles. The first kappa shape index (κ1) is 8.63. The Bertz CT molecular complexity index is 406. The fraction of sp³-hybridized carbons (Fsp3) is 0. The third kappa shape index (κ3) is 1.69. The Balaban J connectivity index is 2.49. The molecule has 0 saturated heterocycles. The van der Waals surface area contributed by atoms with Gasteiger partial charge in [0.15, 0.2) is 0 Å². The number of anilines is 2. The molecule has 0 atom stereocenters. The summed E-state index contributed by atoms with van der Waals surface area (Å²) < 4.78 is 0. The molecule has 2 heteroatoms. The predicted molar refractivity (Wildman–Crippen MR) is 59.5 cm³/mol. The summed E-state index contributed by atoms with van der Waals surface area (Å²) in [5.74, 6) is 0. The Hall–Kier alpha value is -1.96. The maximum Gasteiger partial charge on any atom is 0.0326 e. The van der Waals surface area contributed by atoms with Crippen LogP contribution in [0.5, 0.6) is 0 Å². The first-order valence-corrected chi connectivity index (χ1v) is 4.38. The molecule has 0 unspecified atom stereocenters. The largest absolute Gasteiger partial charge is 0.399 e. The first-order valence-electron chi connectivity index (χ1n) is 4.38. The molecular formula is C12H11N2. The first-order chi connectivity index (χ1) is 6.75. The number of nitrogens with two attached hydrogens (primary N) is 2. The van der Waals surface area contributed by atoms with Gasteiger partial charge in [-0.25, -0.2) is 0 Å². The average Bonchev–Trinajstić information content (AvgIpc) is 2.18. The zero-order valence-electron chi connectivity index (χ0n) is 7.70. The van der Waals surface area contributed by atoms with Crippen molar-refractivity contribution in [1.29, 1.82) is 0 Å². The van der Waals surface area contributed by atoms with Gasteiger partial charge in [0.1, 0.15) is 0 Å². The minimum Gasteiger partial charge on any atom is -0.399 e. The van der Waals surface area contributed by atoms with Gasteiger partial charge in [-0.1, -0.05) is 12.1 Å². The minimum atomic E-state index is 0.713. The van der Waals surface area contributed by atoms with E-state index in [0.29, 0.717) is 5.69 Å². The number of nitrogen functional groups attached to an aromatic ring is 2. The lowest BCUT2D eigenvalue weighted by Crippen LogP contribution is -1.87. The molecule has 0 saturated carbocycles. The number of hydrogen-bond acceptors (Lipinski definition) is 2. The van der Waals surface area contributed by atoms with E-state index in [2.05, 4.69) is 6.07 Å². The predicted octanol–water partition coefficient (Wildman–Crippen LogP) is 2.32. The van der Waals surface area contributed by atoms with Gasteiger partial charge in [0, 0.05) is 11.4 Å². The third-order valence-electron chi connectivity index (χ3n) is 2.03. The second kappa shape index (κ2) is 3.42. The van der Waals surface area contributed by atoms with Gasteiger partial charge in [0.05, 0.1) is 0 Å². The Kier molecular flexibility index (Phi) is 2.11. The van der Waals surface area contributed by atoms with E-state index >= 15 is 0 Å². The van der Waals surface area contributed by atoms with Crippen LogP contribution >= 0.6 is 0 Å². The summed E-state index contributed by atoms with van der Waals surface area (Å²) in [6.07, 6.45) is 0. The van der Waals surface area contributed by atoms with E-state index < -0.39 is 0 Å². The number of rotatable bonds is 1. The van der Waals surface area contributed by atoms with E-state index in [4.69, 9.17) is 11.5 Å². The third-order valence-corrected chi connectivity index (χ3v) is 2.03. The minimum absolute atomic E-state index is 0.713. The van der Waals surface area contributed by atoms with Gasteiger partial charge in [-0.3, -0.25) is 0 Å². The smallest absolute Gasteiger partial charge is 0.0326 e. The maximum atomic E-state index is 5.69. The van der Waals surface area contributed by atoms with Crippen molar-refractivity contribution in [1.82, 2.24) is 0 Å². The van der Waals surface area contributed by atoms with E-state index in [1.807, 2.05) is 36.4 Å². The molecule has 2 aromatic carbocycles. The molecule has 0 amide bonds. The summed E-state index contributed by atoms with van der Waals surface area (Å²) in [4.78, 5) is 0. The Morgan fingerprint density at radius 3 is 2.36 bits per heavy atom. The molecule has 4 N–H and O–H groups in total. The molecule has 0 fully saturated rings. The number of hydrogen-bond donors (Lipinski definition) is 2. The lowest BCUT2D eigenvalue weighted by molar-refractivity contribution is 1.60. The number of benzene rings is 2. The quantitative estimate of drug-likeness (QED) is 0.666. The summed E-state index contributed by atoms with van der Waals surface area (Å²) in [5.41, 5.74) is 14.9. The summed E-state index contributed by atoms with van der Waals surface area (Å²) >= 11 is 0.